The Labute approximate surface area is 299 Å². The van der Waals surface area contributed by atoms with E-state index in [1.165, 1.54) is 77.0 Å². The maximum atomic E-state index is 12.5. The van der Waals surface area contributed by atoms with Crippen LogP contribution in [0.1, 0.15) is 175 Å². The summed E-state index contributed by atoms with van der Waals surface area (Å²) in [5.41, 5.74) is 0. The van der Waals surface area contributed by atoms with Crippen LogP contribution in [0.2, 0.25) is 0 Å². The molecule has 0 saturated carbocycles. The smallest absolute Gasteiger partial charge is 0.306 e. The molecule has 1 N–H and O–H groups in total. The molecule has 0 aliphatic rings. The second-order valence-electron chi connectivity index (χ2n) is 13.2. The highest BCUT2D eigenvalue weighted by Gasteiger charge is 2.17. The summed E-state index contributed by atoms with van der Waals surface area (Å²) in [6.07, 6.45) is 26.7. The molecular formula is C40H74O9. The molecule has 0 bridgehead atoms. The quantitative estimate of drug-likeness (QED) is 0.0222. The maximum Gasteiger partial charge on any atom is 0.306 e. The number of carbonyl (C=O) groups is 3. The van der Waals surface area contributed by atoms with Gasteiger partial charge >= 0.3 is 17.9 Å². The van der Waals surface area contributed by atoms with Crippen LogP contribution in [0.25, 0.3) is 0 Å². The van der Waals surface area contributed by atoms with Gasteiger partial charge in [-0.05, 0) is 38.5 Å². The van der Waals surface area contributed by atoms with Gasteiger partial charge in [-0.25, -0.2) is 0 Å². The monoisotopic (exact) mass is 699 g/mol. The van der Waals surface area contributed by atoms with Gasteiger partial charge in [0.05, 0.1) is 32.2 Å². The van der Waals surface area contributed by atoms with Gasteiger partial charge in [0.15, 0.2) is 6.29 Å². The lowest BCUT2D eigenvalue weighted by molar-refractivity contribution is -0.161. The molecule has 0 heterocycles. The first-order valence-electron chi connectivity index (χ1n) is 19.9. The van der Waals surface area contributed by atoms with Gasteiger partial charge in [-0.3, -0.25) is 14.4 Å². The van der Waals surface area contributed by atoms with Crippen LogP contribution in [-0.2, 0) is 38.1 Å². The first-order valence-corrected chi connectivity index (χ1v) is 19.9. The zero-order valence-electron chi connectivity index (χ0n) is 31.7. The summed E-state index contributed by atoms with van der Waals surface area (Å²) in [7, 11) is 0. The molecule has 0 aromatic carbocycles. The molecule has 9 heteroatoms. The number of ether oxygens (including phenoxy) is 5. The van der Waals surface area contributed by atoms with Crippen molar-refractivity contribution in [3.63, 3.8) is 0 Å². The lowest BCUT2D eigenvalue weighted by atomic mass is 10.1. The van der Waals surface area contributed by atoms with Gasteiger partial charge in [0.1, 0.15) is 6.61 Å². The minimum Gasteiger partial charge on any atom is -0.465 e. The van der Waals surface area contributed by atoms with Crippen molar-refractivity contribution in [1.29, 1.82) is 0 Å². The summed E-state index contributed by atoms with van der Waals surface area (Å²) >= 11 is 0. The van der Waals surface area contributed by atoms with E-state index in [2.05, 4.69) is 26.8 Å². The van der Waals surface area contributed by atoms with Crippen LogP contribution in [0.5, 0.6) is 0 Å². The Morgan fingerprint density at radius 3 is 1.51 bits per heavy atom. The van der Waals surface area contributed by atoms with Gasteiger partial charge in [-0.1, -0.05) is 123 Å². The molecule has 288 valence electrons. The molecule has 0 fully saturated rings. The topological polar surface area (TPSA) is 118 Å². The summed E-state index contributed by atoms with van der Waals surface area (Å²) in [6.45, 7) is 7.84. The number of hydrogen-bond donors (Lipinski definition) is 1. The predicted octanol–water partition coefficient (Wildman–Crippen LogP) is 9.56. The summed E-state index contributed by atoms with van der Waals surface area (Å²) in [5, 5.41) is 9.71. The normalized spacial score (nSPS) is 12.1. The summed E-state index contributed by atoms with van der Waals surface area (Å²) in [4.78, 5) is 36.5. The summed E-state index contributed by atoms with van der Waals surface area (Å²) in [5.74, 6) is -1.48. The number of esters is 3. The average Bonchev–Trinajstić information content (AvgIpc) is 3.10. The zero-order chi connectivity index (χ0) is 36.0. The number of hydrogen-bond acceptors (Lipinski definition) is 9. The Kier molecular flexibility index (Phi) is 35.8. The van der Waals surface area contributed by atoms with Gasteiger partial charge < -0.3 is 28.8 Å². The van der Waals surface area contributed by atoms with Crippen molar-refractivity contribution < 1.29 is 43.2 Å². The predicted molar refractivity (Wildman–Crippen MR) is 196 cm³/mol. The first-order chi connectivity index (χ1) is 24.0. The van der Waals surface area contributed by atoms with E-state index in [0.29, 0.717) is 51.9 Å². The Balaban J connectivity index is 4.17. The summed E-state index contributed by atoms with van der Waals surface area (Å²) in [6, 6.07) is 0. The first kappa shape index (κ1) is 47.0. The molecule has 1 atom stereocenters. The maximum absolute atomic E-state index is 12.5. The lowest BCUT2D eigenvalue weighted by Crippen LogP contribution is -2.25. The van der Waals surface area contributed by atoms with E-state index in [0.717, 1.165) is 32.1 Å². The highest BCUT2D eigenvalue weighted by atomic mass is 16.7. The Bertz CT molecular complexity index is 768. The van der Waals surface area contributed by atoms with Crippen molar-refractivity contribution in [1.82, 2.24) is 0 Å². The number of rotatable bonds is 37. The molecule has 0 aliphatic heterocycles. The molecule has 0 aliphatic carbocycles. The van der Waals surface area contributed by atoms with Crippen LogP contribution in [0.15, 0.2) is 12.2 Å². The number of aliphatic hydroxyl groups is 1. The lowest BCUT2D eigenvalue weighted by Gasteiger charge is -2.19. The van der Waals surface area contributed by atoms with Crippen molar-refractivity contribution in [2.24, 2.45) is 5.92 Å². The average molecular weight is 699 g/mol. The van der Waals surface area contributed by atoms with Crippen molar-refractivity contribution >= 4 is 17.9 Å². The Hall–Kier alpha value is -1.97. The Morgan fingerprint density at radius 1 is 0.531 bits per heavy atom. The van der Waals surface area contributed by atoms with E-state index in [4.69, 9.17) is 23.7 Å². The minimum atomic E-state index is -0.489. The molecule has 49 heavy (non-hydrogen) atoms. The molecule has 9 nitrogen and oxygen atoms in total. The highest BCUT2D eigenvalue weighted by molar-refractivity contribution is 5.70. The van der Waals surface area contributed by atoms with Gasteiger partial charge in [0, 0.05) is 32.5 Å². The van der Waals surface area contributed by atoms with Gasteiger partial charge in [-0.2, -0.15) is 0 Å². The van der Waals surface area contributed by atoms with Crippen LogP contribution in [0.3, 0.4) is 0 Å². The number of aliphatic hydroxyl groups excluding tert-OH is 1. The second kappa shape index (κ2) is 37.3. The molecule has 0 aromatic rings. The Morgan fingerprint density at radius 2 is 0.980 bits per heavy atom. The number of unbranched alkanes of at least 4 members (excludes halogenated alkanes) is 16. The molecule has 0 saturated heterocycles. The van der Waals surface area contributed by atoms with E-state index >= 15 is 0 Å². The van der Waals surface area contributed by atoms with E-state index < -0.39 is 18.2 Å². The van der Waals surface area contributed by atoms with E-state index in [9.17, 15) is 19.5 Å². The molecule has 0 radical (unpaired) electrons. The third-order valence-corrected chi connectivity index (χ3v) is 8.40. The zero-order valence-corrected chi connectivity index (χ0v) is 31.7. The van der Waals surface area contributed by atoms with E-state index in [1.807, 2.05) is 6.08 Å². The van der Waals surface area contributed by atoms with Gasteiger partial charge in [-0.15, -0.1) is 0 Å². The fourth-order valence-electron chi connectivity index (χ4n) is 5.17. The molecule has 0 amide bonds. The van der Waals surface area contributed by atoms with Crippen molar-refractivity contribution in [3.05, 3.63) is 12.2 Å². The van der Waals surface area contributed by atoms with E-state index in [-0.39, 0.29) is 44.6 Å². The van der Waals surface area contributed by atoms with Crippen LogP contribution >= 0.6 is 0 Å². The molecular weight excluding hydrogens is 624 g/mol. The summed E-state index contributed by atoms with van der Waals surface area (Å²) < 4.78 is 27.9. The second-order valence-corrected chi connectivity index (χ2v) is 13.2. The minimum absolute atomic E-state index is 0.0214. The standard InChI is InChI=1S/C40H74O9/c1-4-7-10-13-16-19-23-30-45-37(42)26-21-20-22-27-38(43)48-34-36(33-41)35-49-39(44)28-29-40(46-31-24-17-14-11-8-5-2)47-32-25-18-15-12-9-6-3/h19,23,36,40-41H,4-18,20-22,24-35H2,1-3H3. The molecule has 0 rings (SSSR count). The van der Waals surface area contributed by atoms with Crippen LogP contribution < -0.4 is 0 Å². The van der Waals surface area contributed by atoms with E-state index in [1.54, 1.807) is 0 Å². The largest absolute Gasteiger partial charge is 0.465 e. The molecule has 1 unspecified atom stereocenters. The SMILES string of the molecule is CCCCCCC=CCOC(=O)CCCCCC(=O)OCC(CO)COC(=O)CCC(OCCCCCCCC)OCCCCCCCC. The third-order valence-electron chi connectivity index (χ3n) is 8.40. The number of allylic oxidation sites excluding steroid dienone is 1. The van der Waals surface area contributed by atoms with Crippen LogP contribution in [0.4, 0.5) is 0 Å². The molecule has 0 aromatic heterocycles. The van der Waals surface area contributed by atoms with Crippen molar-refractivity contribution in [2.45, 2.75) is 181 Å². The fourth-order valence-corrected chi connectivity index (χ4v) is 5.17. The van der Waals surface area contributed by atoms with Gasteiger partial charge in [0.25, 0.3) is 0 Å². The van der Waals surface area contributed by atoms with Crippen molar-refractivity contribution in [2.75, 3.05) is 39.6 Å². The van der Waals surface area contributed by atoms with Crippen LogP contribution in [0, 0.1) is 5.92 Å². The highest BCUT2D eigenvalue weighted by Crippen LogP contribution is 2.13. The third kappa shape index (κ3) is 34.3. The van der Waals surface area contributed by atoms with Crippen molar-refractivity contribution in [3.8, 4) is 0 Å². The molecule has 0 spiro atoms. The van der Waals surface area contributed by atoms with Gasteiger partial charge in [0.2, 0.25) is 0 Å². The number of carbonyl (C=O) groups excluding carboxylic acids is 3. The van der Waals surface area contributed by atoms with Crippen LogP contribution in [-0.4, -0.2) is 68.9 Å². The fraction of sp³-hybridized carbons (Fsp3) is 0.875.